The smallest absolute Gasteiger partial charge is 0.335 e. The number of hydrogen-bond donors (Lipinski definition) is 2. The highest BCUT2D eigenvalue weighted by atomic mass is 28.5. The molecule has 0 unspecified atom stereocenters. The lowest BCUT2D eigenvalue weighted by Gasteiger charge is -2.51. The Morgan fingerprint density at radius 2 is 1.63 bits per heavy atom. The number of aromatic nitrogens is 4. The van der Waals surface area contributed by atoms with Crippen molar-refractivity contribution in [3.05, 3.63) is 78.4 Å². The minimum Gasteiger partial charge on any atom is -0.497 e. The van der Waals surface area contributed by atoms with E-state index in [4.69, 9.17) is 27.4 Å². The van der Waals surface area contributed by atoms with Crippen LogP contribution in [0.2, 0.25) is 22.2 Å². The molecule has 2 aliphatic rings. The fraction of sp³-hybridized carbons (Fsp3) is 0.514. The van der Waals surface area contributed by atoms with Crippen LogP contribution < -0.4 is 15.4 Å². The molecule has 2 aromatic carbocycles. The molecular weight excluding hydrogens is 681 g/mol. The first-order valence-electron chi connectivity index (χ1n) is 18.0. The number of rotatable bonds is 11. The van der Waals surface area contributed by atoms with E-state index in [2.05, 4.69) is 88.1 Å². The number of methoxy groups -OCH3 is 1. The summed E-state index contributed by atoms with van der Waals surface area (Å²) in [5.74, 6) is 0.915. The van der Waals surface area contributed by atoms with Crippen LogP contribution >= 0.6 is 0 Å². The SMILES string of the molecule is COc1cccc(C(=O)N[C@@H]2[C@@H]3O[Si](C(C)C)(C(C)C)O[Si](C(C)C)(C(C)C)OC[C@H]3O[C@H]2n2cnc3c(NCc4ccccc4)ncnc32)c1. The Labute approximate surface area is 303 Å². The fourth-order valence-electron chi connectivity index (χ4n) is 7.50. The molecule has 0 radical (unpaired) electrons. The van der Waals surface area contributed by atoms with E-state index in [1.165, 1.54) is 6.33 Å². The number of hydrogen-bond acceptors (Lipinski definition) is 10. The topological polar surface area (TPSA) is 131 Å². The van der Waals surface area contributed by atoms with Gasteiger partial charge in [0, 0.05) is 12.1 Å². The van der Waals surface area contributed by atoms with E-state index in [1.54, 1.807) is 31.6 Å². The van der Waals surface area contributed by atoms with Gasteiger partial charge in [0.25, 0.3) is 5.91 Å². The van der Waals surface area contributed by atoms with Gasteiger partial charge in [-0.15, -0.1) is 0 Å². The lowest BCUT2D eigenvalue weighted by atomic mass is 10.1. The average Bonchev–Trinajstić information content (AvgIpc) is 3.68. The summed E-state index contributed by atoms with van der Waals surface area (Å²) in [7, 11) is -4.29. The van der Waals surface area contributed by atoms with Crippen LogP contribution in [0.5, 0.6) is 5.75 Å². The molecule has 14 heteroatoms. The van der Waals surface area contributed by atoms with Gasteiger partial charge in [-0.25, -0.2) is 15.0 Å². The van der Waals surface area contributed by atoms with Gasteiger partial charge in [0.2, 0.25) is 0 Å². The van der Waals surface area contributed by atoms with Gasteiger partial charge in [0.05, 0.1) is 20.0 Å². The Morgan fingerprint density at radius 3 is 2.29 bits per heavy atom. The van der Waals surface area contributed by atoms with Gasteiger partial charge >= 0.3 is 17.1 Å². The largest absolute Gasteiger partial charge is 0.497 e. The standard InChI is InChI=1S/C37H52N6O6Si2/c1-23(2)50(24(3)4)46-20-30-33(48-51(49-50,25(5)6)26(7)8)31(42-36(44)28-16-13-17-29(18-28)45-9)37(47-30)43-22-41-32-34(39-21-40-35(32)43)38-19-27-14-11-10-12-15-27/h10-18,21-26,30-31,33,37H,19-20H2,1-9H3,(H,42,44)(H,38,39,40)/t30-,31-,33-,37-/m1/s1. The zero-order chi connectivity index (χ0) is 36.5. The number of amides is 1. The van der Waals surface area contributed by atoms with Crippen molar-refractivity contribution in [2.24, 2.45) is 0 Å². The van der Waals surface area contributed by atoms with Crippen LogP contribution in [-0.2, 0) is 24.2 Å². The number of carbonyl (C=O) groups excluding carboxylic acids is 1. The quantitative estimate of drug-likeness (QED) is 0.154. The number of fused-ring (bicyclic) bond motifs is 2. The Kier molecular flexibility index (Phi) is 11.0. The van der Waals surface area contributed by atoms with Gasteiger partial charge in [-0.05, 0) is 45.9 Å². The third kappa shape index (κ3) is 7.09. The first kappa shape index (κ1) is 37.1. The monoisotopic (exact) mass is 732 g/mol. The second kappa shape index (κ2) is 15.1. The number of nitrogens with one attached hydrogen (secondary N) is 2. The maximum atomic E-state index is 14.1. The number of anilines is 1. The molecule has 2 N–H and O–H groups in total. The summed E-state index contributed by atoms with van der Waals surface area (Å²) >= 11 is 0. The van der Waals surface area contributed by atoms with E-state index in [9.17, 15) is 4.79 Å². The molecule has 2 aliphatic heterocycles. The summed E-state index contributed by atoms with van der Waals surface area (Å²) in [6.45, 7) is 18.4. The van der Waals surface area contributed by atoms with Gasteiger partial charge in [-0.1, -0.05) is 91.8 Å². The molecule has 0 saturated carbocycles. The molecule has 4 atom stereocenters. The lowest BCUT2D eigenvalue weighted by molar-refractivity contribution is -0.0547. The van der Waals surface area contributed by atoms with Crippen molar-refractivity contribution in [1.29, 1.82) is 0 Å². The highest BCUT2D eigenvalue weighted by Gasteiger charge is 2.62. The summed E-state index contributed by atoms with van der Waals surface area (Å²) in [6.07, 6.45) is 1.42. The predicted molar refractivity (Wildman–Crippen MR) is 201 cm³/mol. The van der Waals surface area contributed by atoms with Crippen molar-refractivity contribution in [3.63, 3.8) is 0 Å². The number of imidazole rings is 1. The maximum Gasteiger partial charge on any atom is 0.335 e. The number of nitrogens with zero attached hydrogens (tertiary/aromatic N) is 4. The Bertz CT molecular complexity index is 1790. The number of benzene rings is 2. The normalized spacial score (nSPS) is 23.0. The zero-order valence-electron chi connectivity index (χ0n) is 31.1. The van der Waals surface area contributed by atoms with Crippen molar-refractivity contribution in [1.82, 2.24) is 24.8 Å². The van der Waals surface area contributed by atoms with Gasteiger partial charge in [-0.2, -0.15) is 0 Å². The average molecular weight is 733 g/mol. The van der Waals surface area contributed by atoms with Crippen LogP contribution in [0, 0.1) is 0 Å². The molecule has 1 amide bonds. The predicted octanol–water partition coefficient (Wildman–Crippen LogP) is 7.10. The summed E-state index contributed by atoms with van der Waals surface area (Å²) in [5.41, 5.74) is 3.29. The molecular formula is C37H52N6O6Si2. The second-order valence-corrected chi connectivity index (χ2v) is 23.6. The molecule has 51 heavy (non-hydrogen) atoms. The van der Waals surface area contributed by atoms with Gasteiger partial charge in [-0.3, -0.25) is 9.36 Å². The summed E-state index contributed by atoms with van der Waals surface area (Å²) in [6, 6.07) is 16.6. The Balaban J connectivity index is 1.43. The van der Waals surface area contributed by atoms with Crippen LogP contribution in [0.1, 0.15) is 77.5 Å². The van der Waals surface area contributed by atoms with E-state index >= 15 is 0 Å². The Hall–Kier alpha value is -3.67. The molecule has 4 heterocycles. The van der Waals surface area contributed by atoms with E-state index in [1.807, 2.05) is 28.8 Å². The highest BCUT2D eigenvalue weighted by Crippen LogP contribution is 2.48. The summed E-state index contributed by atoms with van der Waals surface area (Å²) in [4.78, 5) is 28.0. The number of carbonyl (C=O) groups is 1. The molecule has 0 bridgehead atoms. The van der Waals surface area contributed by atoms with Crippen LogP contribution in [0.3, 0.4) is 0 Å². The molecule has 12 nitrogen and oxygen atoms in total. The zero-order valence-corrected chi connectivity index (χ0v) is 33.1. The van der Waals surface area contributed by atoms with Crippen LogP contribution in [-0.4, -0.2) is 74.5 Å². The first-order chi connectivity index (χ1) is 24.4. The van der Waals surface area contributed by atoms with Crippen LogP contribution in [0.15, 0.2) is 67.3 Å². The molecule has 2 saturated heterocycles. The summed E-state index contributed by atoms with van der Waals surface area (Å²) < 4.78 is 36.2. The van der Waals surface area contributed by atoms with Crippen molar-refractivity contribution in [2.75, 3.05) is 19.0 Å². The minimum atomic E-state index is -3.05. The second-order valence-electron chi connectivity index (χ2n) is 14.7. The molecule has 2 fully saturated rings. The molecule has 4 aromatic rings. The van der Waals surface area contributed by atoms with E-state index in [-0.39, 0.29) is 34.7 Å². The Morgan fingerprint density at radius 1 is 0.922 bits per heavy atom. The fourth-order valence-corrected chi connectivity index (χ4v) is 18.7. The molecule has 0 spiro atoms. The molecule has 2 aromatic heterocycles. The van der Waals surface area contributed by atoms with Crippen molar-refractivity contribution >= 4 is 40.0 Å². The molecule has 274 valence electrons. The minimum absolute atomic E-state index is 0.0954. The molecule has 0 aliphatic carbocycles. The lowest BCUT2D eigenvalue weighted by Crippen LogP contribution is -2.66. The van der Waals surface area contributed by atoms with Gasteiger partial charge in [0.1, 0.15) is 30.3 Å². The van der Waals surface area contributed by atoms with E-state index in [0.29, 0.717) is 34.8 Å². The number of ether oxygens (including phenoxy) is 2. The van der Waals surface area contributed by atoms with Gasteiger partial charge in [0.15, 0.2) is 23.2 Å². The maximum absolute atomic E-state index is 14.1. The van der Waals surface area contributed by atoms with Crippen LogP contribution in [0.25, 0.3) is 11.2 Å². The van der Waals surface area contributed by atoms with E-state index < -0.39 is 41.6 Å². The van der Waals surface area contributed by atoms with Crippen molar-refractivity contribution < 1.29 is 27.2 Å². The molecule has 6 rings (SSSR count). The van der Waals surface area contributed by atoms with Crippen molar-refractivity contribution in [2.45, 2.75) is 109 Å². The van der Waals surface area contributed by atoms with Gasteiger partial charge < -0.3 is 33.1 Å². The third-order valence-corrected chi connectivity index (χ3v) is 20.5. The highest BCUT2D eigenvalue weighted by molar-refractivity contribution is 6.84. The third-order valence-electron chi connectivity index (χ3n) is 10.2. The summed E-state index contributed by atoms with van der Waals surface area (Å²) in [5, 5.41) is 6.73. The van der Waals surface area contributed by atoms with Crippen molar-refractivity contribution in [3.8, 4) is 5.75 Å². The first-order valence-corrected chi connectivity index (χ1v) is 21.9. The van der Waals surface area contributed by atoms with E-state index in [0.717, 1.165) is 5.56 Å². The van der Waals surface area contributed by atoms with Crippen LogP contribution in [0.4, 0.5) is 5.82 Å².